The molecule has 58 heavy (non-hydrogen) atoms. The van der Waals surface area contributed by atoms with Crippen LogP contribution in [0.15, 0.2) is 154 Å². The van der Waals surface area contributed by atoms with Crippen LogP contribution in [-0.4, -0.2) is 9.97 Å². The largest absolute Gasteiger partial charge is 0.456 e. The minimum Gasteiger partial charge on any atom is -0.456 e. The van der Waals surface area contributed by atoms with Crippen molar-refractivity contribution in [1.82, 2.24) is 9.97 Å². The maximum absolute atomic E-state index is 6.87. The Labute approximate surface area is 340 Å². The lowest BCUT2D eigenvalue weighted by molar-refractivity contribution is 0.445. The maximum Gasteiger partial charge on any atom is 0.160 e. The zero-order valence-electron chi connectivity index (χ0n) is 32.1. The lowest BCUT2D eigenvalue weighted by atomic mass is 9.69. The zero-order chi connectivity index (χ0) is 38.2. The maximum atomic E-state index is 6.87. The van der Waals surface area contributed by atoms with Crippen LogP contribution in [0.3, 0.4) is 0 Å². The van der Waals surface area contributed by atoms with Gasteiger partial charge >= 0.3 is 0 Å². The number of fused-ring (bicyclic) bond motifs is 9. The van der Waals surface area contributed by atoms with Gasteiger partial charge in [0.05, 0.1) is 15.9 Å². The summed E-state index contributed by atoms with van der Waals surface area (Å²) in [4.78, 5) is 10.6. The molecule has 0 unspecified atom stereocenters. The van der Waals surface area contributed by atoms with Crippen molar-refractivity contribution in [3.63, 3.8) is 0 Å². The topological polar surface area (TPSA) is 52.1 Å². The number of rotatable bonds is 5. The summed E-state index contributed by atoms with van der Waals surface area (Å²) >= 11 is 1.74. The summed E-state index contributed by atoms with van der Waals surface area (Å²) in [6, 6.07) is 50.4. The average molecular weight is 769 g/mol. The van der Waals surface area contributed by atoms with E-state index in [4.69, 9.17) is 18.8 Å². The van der Waals surface area contributed by atoms with Crippen LogP contribution < -0.4 is 0 Å². The Kier molecular flexibility index (Phi) is 7.81. The molecule has 0 radical (unpaired) electrons. The van der Waals surface area contributed by atoms with Crippen molar-refractivity contribution >= 4 is 70.1 Å². The lowest BCUT2D eigenvalue weighted by Gasteiger charge is -2.34. The molecule has 2 aliphatic carbocycles. The smallest absolute Gasteiger partial charge is 0.160 e. The van der Waals surface area contributed by atoms with Gasteiger partial charge in [-0.1, -0.05) is 141 Å². The van der Waals surface area contributed by atoms with Gasteiger partial charge in [0.25, 0.3) is 0 Å². The van der Waals surface area contributed by atoms with Crippen LogP contribution in [-0.2, 0) is 11.8 Å². The lowest BCUT2D eigenvalue weighted by Crippen LogP contribution is -2.27. The summed E-state index contributed by atoms with van der Waals surface area (Å²) < 4.78 is 15.5. The molecule has 0 atom stereocenters. The molecule has 10 aromatic rings. The first-order valence-electron chi connectivity index (χ1n) is 20.7. The molecule has 4 aromatic heterocycles. The van der Waals surface area contributed by atoms with Crippen LogP contribution in [0, 0.1) is 0 Å². The molecule has 5 heteroatoms. The van der Waals surface area contributed by atoms with Gasteiger partial charge in [-0.25, -0.2) is 9.97 Å². The number of allylic oxidation sites excluding steroid dienone is 1. The Balaban J connectivity index is 0.943. The fourth-order valence-corrected chi connectivity index (χ4v) is 11.2. The van der Waals surface area contributed by atoms with Crippen LogP contribution in [0.5, 0.6) is 0 Å². The van der Waals surface area contributed by atoms with Gasteiger partial charge in [0.1, 0.15) is 22.5 Å². The number of benzene rings is 6. The number of para-hydroxylation sites is 1. The number of aryl methyl sites for hydroxylation is 1. The molecule has 0 N–H and O–H groups in total. The van der Waals surface area contributed by atoms with E-state index in [1.807, 2.05) is 12.1 Å². The van der Waals surface area contributed by atoms with Crippen molar-refractivity contribution in [2.24, 2.45) is 0 Å². The van der Waals surface area contributed by atoms with Crippen molar-refractivity contribution in [2.45, 2.75) is 56.8 Å². The third-order valence-corrected chi connectivity index (χ3v) is 14.1. The van der Waals surface area contributed by atoms with E-state index in [9.17, 15) is 0 Å². The Morgan fingerprint density at radius 1 is 0.534 bits per heavy atom. The molecule has 4 nitrogen and oxygen atoms in total. The number of nitrogens with zero attached hydrogens (tertiary/aromatic N) is 2. The fourth-order valence-electron chi connectivity index (χ4n) is 10.0. The predicted octanol–water partition coefficient (Wildman–Crippen LogP) is 14.8. The summed E-state index contributed by atoms with van der Waals surface area (Å²) in [6.45, 7) is 0. The standard InChI is InChI=1S/C53H40N2O2S/c1-2-11-30-53(29-10-1,36-13-4-3-5-14-36)37-25-21-33(22-26-37)38-17-12-18-42-41-28-24-35(32-46(41)57-50(38)42)52-54-48(51-49(55-52)43-16-7-9-20-47(43)58-51)34-23-27-40-39-15-6-8-19-44(39)56-45(40)31-34/h3-9,13-17,19-28,31-32H,1-2,10-12,18,29-30H2. The Morgan fingerprint density at radius 3 is 2.07 bits per heavy atom. The van der Waals surface area contributed by atoms with Crippen molar-refractivity contribution in [3.8, 4) is 22.6 Å². The first-order chi connectivity index (χ1) is 28.7. The van der Waals surface area contributed by atoms with Crippen molar-refractivity contribution < 1.29 is 8.83 Å². The first-order valence-corrected chi connectivity index (χ1v) is 21.6. The Morgan fingerprint density at radius 2 is 1.21 bits per heavy atom. The summed E-state index contributed by atoms with van der Waals surface area (Å²) in [7, 11) is 0. The number of thiophene rings is 1. The van der Waals surface area contributed by atoms with Crippen LogP contribution >= 0.6 is 11.3 Å². The molecule has 0 spiro atoms. The zero-order valence-corrected chi connectivity index (χ0v) is 32.9. The fraction of sp³-hybridized carbons (Fsp3) is 0.170. The monoisotopic (exact) mass is 768 g/mol. The van der Waals surface area contributed by atoms with Crippen molar-refractivity contribution in [1.29, 1.82) is 0 Å². The third kappa shape index (κ3) is 5.33. The SMILES string of the molecule is C1=C(c2ccc(C3(c4ccccc4)CCCCCC3)cc2)c2oc3cc(-c4nc(-c5ccc6c(c5)oc5ccccc56)c5sc6ccccc6c5n4)ccc3c2CC1. The highest BCUT2D eigenvalue weighted by Gasteiger charge is 2.35. The summed E-state index contributed by atoms with van der Waals surface area (Å²) in [5, 5.41) is 4.53. The molecule has 2 aliphatic rings. The molecule has 1 fully saturated rings. The van der Waals surface area contributed by atoms with Crippen molar-refractivity contribution in [3.05, 3.63) is 174 Å². The second-order valence-electron chi connectivity index (χ2n) is 16.2. The Bertz CT molecular complexity index is 3230. The minimum atomic E-state index is 0.0680. The molecule has 6 aromatic carbocycles. The second-order valence-corrected chi connectivity index (χ2v) is 17.2. The highest BCUT2D eigenvalue weighted by Crippen LogP contribution is 2.46. The minimum absolute atomic E-state index is 0.0680. The predicted molar refractivity (Wildman–Crippen MR) is 240 cm³/mol. The van der Waals surface area contributed by atoms with E-state index >= 15 is 0 Å². The van der Waals surface area contributed by atoms with E-state index in [1.165, 1.54) is 76.4 Å². The number of hydrogen-bond acceptors (Lipinski definition) is 5. The van der Waals surface area contributed by atoms with E-state index in [-0.39, 0.29) is 5.41 Å². The Hall–Kier alpha value is -6.30. The molecule has 0 saturated heterocycles. The molecule has 4 heterocycles. The number of hydrogen-bond donors (Lipinski definition) is 0. The van der Waals surface area contributed by atoms with Gasteiger partial charge in [0.15, 0.2) is 5.82 Å². The molecular formula is C53H40N2O2S. The molecule has 0 aliphatic heterocycles. The van der Waals surface area contributed by atoms with Gasteiger partial charge < -0.3 is 8.83 Å². The quantitative estimate of drug-likeness (QED) is 0.164. The molecule has 0 amide bonds. The van der Waals surface area contributed by atoms with E-state index in [2.05, 4.69) is 133 Å². The normalized spacial score (nSPS) is 15.6. The highest BCUT2D eigenvalue weighted by atomic mass is 32.1. The van der Waals surface area contributed by atoms with Gasteiger partial charge in [-0.3, -0.25) is 0 Å². The summed E-state index contributed by atoms with van der Waals surface area (Å²) in [5.74, 6) is 1.67. The van der Waals surface area contributed by atoms with Crippen LogP contribution in [0.1, 0.15) is 73.0 Å². The highest BCUT2D eigenvalue weighted by molar-refractivity contribution is 7.26. The van der Waals surface area contributed by atoms with Crippen LogP contribution in [0.25, 0.3) is 81.4 Å². The summed E-state index contributed by atoms with van der Waals surface area (Å²) in [6.07, 6.45) is 11.9. The number of aromatic nitrogens is 2. The molecule has 1 saturated carbocycles. The van der Waals surface area contributed by atoms with Gasteiger partial charge in [-0.2, -0.15) is 0 Å². The van der Waals surface area contributed by atoms with Crippen LogP contribution in [0.2, 0.25) is 0 Å². The van der Waals surface area contributed by atoms with E-state index < -0.39 is 0 Å². The van der Waals surface area contributed by atoms with Crippen molar-refractivity contribution in [2.75, 3.05) is 0 Å². The van der Waals surface area contributed by atoms with Gasteiger partial charge in [-0.05, 0) is 72.7 Å². The number of furan rings is 2. The van der Waals surface area contributed by atoms with Crippen LogP contribution in [0.4, 0.5) is 0 Å². The summed E-state index contributed by atoms with van der Waals surface area (Å²) in [5.41, 5.74) is 13.1. The van der Waals surface area contributed by atoms with Gasteiger partial charge in [0, 0.05) is 53.9 Å². The molecular weight excluding hydrogens is 729 g/mol. The average Bonchev–Trinajstić information content (AvgIpc) is 3.90. The third-order valence-electron chi connectivity index (χ3n) is 12.9. The first kappa shape index (κ1) is 33.8. The molecule has 12 rings (SSSR count). The van der Waals surface area contributed by atoms with E-state index in [1.54, 1.807) is 11.3 Å². The van der Waals surface area contributed by atoms with E-state index in [0.29, 0.717) is 5.82 Å². The van der Waals surface area contributed by atoms with Gasteiger partial charge in [0.2, 0.25) is 0 Å². The van der Waals surface area contributed by atoms with Gasteiger partial charge in [-0.15, -0.1) is 11.3 Å². The second kappa shape index (κ2) is 13.4. The van der Waals surface area contributed by atoms with E-state index in [0.717, 1.165) is 78.5 Å². The molecule has 0 bridgehead atoms. The molecule has 280 valence electrons.